The van der Waals surface area contributed by atoms with E-state index in [4.69, 9.17) is 4.98 Å². The second kappa shape index (κ2) is 17.0. The number of hydrogen-bond donors (Lipinski definition) is 1. The molecule has 0 aromatic carbocycles. The van der Waals surface area contributed by atoms with Crippen molar-refractivity contribution in [2.45, 2.75) is 70.3 Å². The Hall–Kier alpha value is -3.42. The molecule has 2 aliphatic rings. The van der Waals surface area contributed by atoms with Crippen LogP contribution in [0.2, 0.25) is 0 Å². The molecule has 2 aliphatic heterocycles. The molecule has 1 N–H and O–H groups in total. The number of allylic oxidation sites excluding steroid dienone is 1. The van der Waals surface area contributed by atoms with Crippen molar-refractivity contribution in [2.75, 3.05) is 62.6 Å². The Morgan fingerprint density at radius 1 is 1.02 bits per heavy atom. The lowest BCUT2D eigenvalue weighted by atomic mass is 10.0. The molecule has 0 radical (unpaired) electrons. The molecule has 5 heterocycles. The minimum atomic E-state index is -0.292. The van der Waals surface area contributed by atoms with Crippen molar-refractivity contribution in [3.8, 4) is 0 Å². The van der Waals surface area contributed by atoms with E-state index in [0.29, 0.717) is 28.4 Å². The molecule has 3 aromatic rings. The van der Waals surface area contributed by atoms with Gasteiger partial charge in [0.05, 0.1) is 17.4 Å². The number of nitrogens with zero attached hydrogens (tertiary/aromatic N) is 7. The van der Waals surface area contributed by atoms with E-state index in [0.717, 1.165) is 67.3 Å². The normalized spacial score (nSPS) is 17.0. The SMILES string of the molecule is C=C(/C=C\C(=C/C)CN1CCC(I)CC1)CN1CCN(c2ccc(Nc3ncc4c(C)c(C(C)=O)c(=O)n(C(CC)CC)c4n3)nc2)CC1. The zero-order valence-corrected chi connectivity index (χ0v) is 31.9. The third kappa shape index (κ3) is 9.04. The second-order valence-corrected chi connectivity index (χ2v) is 15.0. The number of pyridine rings is 2. The van der Waals surface area contributed by atoms with Crippen LogP contribution in [-0.2, 0) is 0 Å². The van der Waals surface area contributed by atoms with Crippen LogP contribution >= 0.6 is 22.6 Å². The highest BCUT2D eigenvalue weighted by Gasteiger charge is 2.23. The smallest absolute Gasteiger partial charge is 0.263 e. The zero-order valence-electron chi connectivity index (χ0n) is 29.7. The number of aryl methyl sites for hydroxylation is 1. The molecule has 2 fully saturated rings. The molecule has 262 valence electrons. The fourth-order valence-corrected chi connectivity index (χ4v) is 7.41. The number of piperazine rings is 1. The lowest BCUT2D eigenvalue weighted by molar-refractivity contribution is 0.101. The summed E-state index contributed by atoms with van der Waals surface area (Å²) in [4.78, 5) is 47.3. The molecule has 10 nitrogen and oxygen atoms in total. The van der Waals surface area contributed by atoms with Gasteiger partial charge >= 0.3 is 0 Å². The van der Waals surface area contributed by atoms with E-state index < -0.39 is 0 Å². The summed E-state index contributed by atoms with van der Waals surface area (Å²) in [6, 6.07) is 3.93. The van der Waals surface area contributed by atoms with Gasteiger partial charge in [-0.3, -0.25) is 24.0 Å². The van der Waals surface area contributed by atoms with Crippen molar-refractivity contribution < 1.29 is 4.79 Å². The number of ketones is 1. The Morgan fingerprint density at radius 2 is 1.71 bits per heavy atom. The largest absolute Gasteiger partial charge is 0.368 e. The van der Waals surface area contributed by atoms with E-state index in [-0.39, 0.29) is 22.9 Å². The Morgan fingerprint density at radius 3 is 2.33 bits per heavy atom. The maximum Gasteiger partial charge on any atom is 0.263 e. The lowest BCUT2D eigenvalue weighted by Gasteiger charge is -2.36. The summed E-state index contributed by atoms with van der Waals surface area (Å²) in [6.07, 6.45) is 14.3. The van der Waals surface area contributed by atoms with Crippen LogP contribution in [0.25, 0.3) is 11.0 Å². The first-order valence-corrected chi connectivity index (χ1v) is 18.9. The standard InChI is InChI=1S/C38H51IN8O2/c1-7-29(25-44-16-14-30(39)15-17-44)11-10-26(4)24-45-18-20-46(21-19-45)32-12-13-34(40-22-32)42-38-41-23-33-27(5)35(28(6)48)37(49)47(36(33)43-38)31(8-2)9-3/h7,10-13,22-23,30-31H,4,8-9,14-21,24-25H2,1-3,5-6H3,(H,40,41,42,43)/b11-10-,29-7+. The van der Waals surface area contributed by atoms with Gasteiger partial charge in [0.1, 0.15) is 11.5 Å². The predicted octanol–water partition coefficient (Wildman–Crippen LogP) is 6.88. The quantitative estimate of drug-likeness (QED) is 0.0862. The van der Waals surface area contributed by atoms with Crippen molar-refractivity contribution in [1.82, 2.24) is 29.3 Å². The van der Waals surface area contributed by atoms with Gasteiger partial charge in [0.25, 0.3) is 5.56 Å². The van der Waals surface area contributed by atoms with Crippen LogP contribution in [0.3, 0.4) is 0 Å². The summed E-state index contributed by atoms with van der Waals surface area (Å²) >= 11 is 2.58. The molecular formula is C38H51IN8O2. The van der Waals surface area contributed by atoms with Gasteiger partial charge in [0, 0.05) is 60.8 Å². The van der Waals surface area contributed by atoms with Gasteiger partial charge in [-0.1, -0.05) is 61.2 Å². The average Bonchev–Trinajstić information content (AvgIpc) is 3.10. The number of carbonyl (C=O) groups is 1. The molecule has 0 unspecified atom stereocenters. The van der Waals surface area contributed by atoms with Crippen molar-refractivity contribution in [3.05, 3.63) is 82.0 Å². The van der Waals surface area contributed by atoms with Gasteiger partial charge < -0.3 is 10.2 Å². The number of carbonyl (C=O) groups excluding carboxylic acids is 1. The summed E-state index contributed by atoms with van der Waals surface area (Å²) in [6.45, 7) is 21.8. The number of fused-ring (bicyclic) bond motifs is 1. The maximum absolute atomic E-state index is 13.5. The number of rotatable bonds is 13. The molecule has 0 saturated carbocycles. The average molecular weight is 779 g/mol. The fourth-order valence-electron chi connectivity index (χ4n) is 6.85. The predicted molar refractivity (Wildman–Crippen MR) is 210 cm³/mol. The summed E-state index contributed by atoms with van der Waals surface area (Å²) in [5.74, 6) is 0.728. The van der Waals surface area contributed by atoms with Gasteiger partial charge in [-0.15, -0.1) is 0 Å². The van der Waals surface area contributed by atoms with Crippen molar-refractivity contribution >= 4 is 56.9 Å². The number of aromatic nitrogens is 4. The molecular weight excluding hydrogens is 727 g/mol. The summed E-state index contributed by atoms with van der Waals surface area (Å²) in [5, 5.41) is 3.92. The molecule has 3 aromatic heterocycles. The second-order valence-electron chi connectivity index (χ2n) is 13.2. The van der Waals surface area contributed by atoms with Gasteiger partial charge in [0.15, 0.2) is 5.78 Å². The van der Waals surface area contributed by atoms with Crippen LogP contribution in [0.5, 0.6) is 0 Å². The number of Topliss-reactive ketones (excluding diaryl/α,β-unsaturated/α-hetero) is 1. The number of hydrogen-bond acceptors (Lipinski definition) is 9. The minimum absolute atomic E-state index is 0.0757. The highest BCUT2D eigenvalue weighted by atomic mass is 127. The van der Waals surface area contributed by atoms with Crippen LogP contribution in [0.4, 0.5) is 17.5 Å². The van der Waals surface area contributed by atoms with E-state index in [2.05, 4.69) is 90.4 Å². The topological polar surface area (TPSA) is 99.5 Å². The Balaban J connectivity index is 1.17. The van der Waals surface area contributed by atoms with Gasteiger partial charge in [-0.05, 0) is 88.4 Å². The molecule has 0 bridgehead atoms. The molecule has 49 heavy (non-hydrogen) atoms. The lowest BCUT2D eigenvalue weighted by Crippen LogP contribution is -2.46. The molecule has 2 saturated heterocycles. The number of halogens is 1. The first-order valence-electron chi connectivity index (χ1n) is 17.6. The molecule has 0 aliphatic carbocycles. The Kier molecular flexibility index (Phi) is 12.8. The third-order valence-electron chi connectivity index (χ3n) is 9.85. The molecule has 5 rings (SSSR count). The first kappa shape index (κ1) is 36.9. The number of piperidine rings is 1. The van der Waals surface area contributed by atoms with Gasteiger partial charge in [-0.2, -0.15) is 4.98 Å². The van der Waals surface area contributed by atoms with Crippen LogP contribution in [-0.4, -0.2) is 91.4 Å². The van der Waals surface area contributed by atoms with Crippen LogP contribution in [0.1, 0.15) is 75.3 Å². The van der Waals surface area contributed by atoms with Crippen LogP contribution < -0.4 is 15.8 Å². The van der Waals surface area contributed by atoms with Crippen molar-refractivity contribution in [3.63, 3.8) is 0 Å². The van der Waals surface area contributed by atoms with E-state index >= 15 is 0 Å². The van der Waals surface area contributed by atoms with Crippen LogP contribution in [0, 0.1) is 6.92 Å². The summed E-state index contributed by atoms with van der Waals surface area (Å²) < 4.78 is 2.49. The fraction of sp³-hybridized carbons (Fsp3) is 0.500. The molecule has 11 heteroatoms. The number of anilines is 3. The summed E-state index contributed by atoms with van der Waals surface area (Å²) in [7, 11) is 0. The van der Waals surface area contributed by atoms with Crippen molar-refractivity contribution in [2.24, 2.45) is 0 Å². The van der Waals surface area contributed by atoms with E-state index in [1.165, 1.54) is 38.4 Å². The highest BCUT2D eigenvalue weighted by molar-refractivity contribution is 14.1. The summed E-state index contributed by atoms with van der Waals surface area (Å²) in [5.41, 5.74) is 4.63. The Labute approximate surface area is 304 Å². The van der Waals surface area contributed by atoms with E-state index in [1.54, 1.807) is 17.7 Å². The van der Waals surface area contributed by atoms with Crippen molar-refractivity contribution in [1.29, 1.82) is 0 Å². The maximum atomic E-state index is 13.5. The molecule has 0 atom stereocenters. The number of alkyl halides is 1. The number of likely N-dealkylation sites (tertiary alicyclic amines) is 1. The van der Waals surface area contributed by atoms with Gasteiger partial charge in [-0.25, -0.2) is 9.97 Å². The van der Waals surface area contributed by atoms with E-state index in [9.17, 15) is 9.59 Å². The highest BCUT2D eigenvalue weighted by Crippen LogP contribution is 2.26. The number of nitrogens with one attached hydrogen (secondary N) is 1. The zero-order chi connectivity index (χ0) is 35.1. The molecule has 0 amide bonds. The Bertz CT molecular complexity index is 1750. The third-order valence-corrected chi connectivity index (χ3v) is 11.1. The first-order chi connectivity index (χ1) is 23.6. The van der Waals surface area contributed by atoms with Crippen LogP contribution in [0.15, 0.2) is 65.3 Å². The van der Waals surface area contributed by atoms with Gasteiger partial charge in [0.2, 0.25) is 5.95 Å². The minimum Gasteiger partial charge on any atom is -0.368 e. The molecule has 0 spiro atoms. The monoisotopic (exact) mass is 778 g/mol. The van der Waals surface area contributed by atoms with E-state index in [1.807, 2.05) is 26.1 Å².